The van der Waals surface area contributed by atoms with E-state index in [9.17, 15) is 4.79 Å². The number of carbonyl (C=O) groups is 1. The molecule has 0 aromatic heterocycles. The van der Waals surface area contributed by atoms with Gasteiger partial charge in [-0.25, -0.2) is 5.43 Å². The Balaban J connectivity index is 1.74. The molecule has 3 rings (SSSR count). The number of hydrogen-bond donors (Lipinski definition) is 1. The summed E-state index contributed by atoms with van der Waals surface area (Å²) < 4.78 is 11.1. The number of hydrazone groups is 1. The van der Waals surface area contributed by atoms with Gasteiger partial charge in [-0.15, -0.1) is 0 Å². The fraction of sp³-hybridized carbons (Fsp3) is 0.250. The number of unbranched alkanes of at least 4 members (excludes halogenated alkanes) is 1. The molecular formula is C24H26N2O3. The number of nitrogens with one attached hydrogen (secondary N) is 1. The number of ether oxygens (including phenoxy) is 2. The molecule has 0 saturated carbocycles. The number of amides is 1. The monoisotopic (exact) mass is 390 g/mol. The van der Waals surface area contributed by atoms with Gasteiger partial charge in [0.15, 0.2) is 0 Å². The van der Waals surface area contributed by atoms with Gasteiger partial charge in [-0.3, -0.25) is 4.79 Å². The Morgan fingerprint density at radius 2 is 1.97 bits per heavy atom. The predicted octanol–water partition coefficient (Wildman–Crippen LogP) is 4.72. The lowest BCUT2D eigenvalue weighted by atomic mass is 10.0. The third kappa shape index (κ3) is 5.57. The molecule has 3 aromatic rings. The number of nitrogens with zero attached hydrogens (tertiary/aromatic N) is 1. The molecule has 0 aliphatic rings. The molecule has 3 aromatic carbocycles. The molecule has 5 heteroatoms. The average Bonchev–Trinajstić information content (AvgIpc) is 2.75. The maximum Gasteiger partial charge on any atom is 0.244 e. The van der Waals surface area contributed by atoms with Crippen LogP contribution in [0.1, 0.15) is 30.9 Å². The lowest BCUT2D eigenvalue weighted by Gasteiger charge is -2.11. The molecule has 1 N–H and O–H groups in total. The van der Waals surface area contributed by atoms with Crippen LogP contribution in [0.2, 0.25) is 0 Å². The Hall–Kier alpha value is -3.34. The Labute approximate surface area is 171 Å². The lowest BCUT2D eigenvalue weighted by molar-refractivity contribution is -0.120. The van der Waals surface area contributed by atoms with E-state index in [4.69, 9.17) is 9.47 Å². The second-order valence-corrected chi connectivity index (χ2v) is 6.72. The molecule has 150 valence electrons. The van der Waals surface area contributed by atoms with E-state index in [2.05, 4.69) is 17.5 Å². The van der Waals surface area contributed by atoms with Crippen molar-refractivity contribution in [3.63, 3.8) is 0 Å². The third-order valence-corrected chi connectivity index (χ3v) is 4.57. The van der Waals surface area contributed by atoms with Crippen LogP contribution in [-0.2, 0) is 11.2 Å². The lowest BCUT2D eigenvalue weighted by Crippen LogP contribution is -2.19. The van der Waals surface area contributed by atoms with Gasteiger partial charge in [0.05, 0.1) is 26.4 Å². The minimum atomic E-state index is -0.191. The third-order valence-electron chi connectivity index (χ3n) is 4.57. The smallest absolute Gasteiger partial charge is 0.244 e. The van der Waals surface area contributed by atoms with E-state index in [1.165, 1.54) is 0 Å². The molecule has 0 bridgehead atoms. The second kappa shape index (κ2) is 10.3. The molecule has 0 aliphatic carbocycles. The van der Waals surface area contributed by atoms with Gasteiger partial charge in [0.25, 0.3) is 0 Å². The summed E-state index contributed by atoms with van der Waals surface area (Å²) in [7, 11) is 1.60. The summed E-state index contributed by atoms with van der Waals surface area (Å²) in [5.41, 5.74) is 4.34. The molecule has 0 fully saturated rings. The van der Waals surface area contributed by atoms with Crippen LogP contribution in [0, 0.1) is 0 Å². The first kappa shape index (κ1) is 20.4. The van der Waals surface area contributed by atoms with Crippen molar-refractivity contribution in [3.8, 4) is 11.5 Å². The van der Waals surface area contributed by atoms with Crippen LogP contribution in [0.25, 0.3) is 10.8 Å². The zero-order valence-electron chi connectivity index (χ0n) is 16.9. The van der Waals surface area contributed by atoms with Crippen molar-refractivity contribution in [2.45, 2.75) is 26.2 Å². The first-order chi connectivity index (χ1) is 14.2. The molecule has 0 atom stereocenters. The predicted molar refractivity (Wildman–Crippen MR) is 117 cm³/mol. The van der Waals surface area contributed by atoms with Gasteiger partial charge < -0.3 is 9.47 Å². The summed E-state index contributed by atoms with van der Waals surface area (Å²) in [5, 5.41) is 6.31. The van der Waals surface area contributed by atoms with Crippen molar-refractivity contribution in [3.05, 3.63) is 71.8 Å². The number of hydrogen-bond acceptors (Lipinski definition) is 4. The van der Waals surface area contributed by atoms with E-state index >= 15 is 0 Å². The number of benzene rings is 3. The summed E-state index contributed by atoms with van der Waals surface area (Å²) in [6, 6.07) is 19.5. The Morgan fingerprint density at radius 1 is 1.10 bits per heavy atom. The van der Waals surface area contributed by atoms with Crippen LogP contribution in [0.3, 0.4) is 0 Å². The molecule has 5 nitrogen and oxygen atoms in total. The summed E-state index contributed by atoms with van der Waals surface area (Å²) >= 11 is 0. The van der Waals surface area contributed by atoms with Crippen LogP contribution in [0.15, 0.2) is 65.8 Å². The first-order valence-corrected chi connectivity index (χ1v) is 9.80. The van der Waals surface area contributed by atoms with E-state index in [-0.39, 0.29) is 12.3 Å². The van der Waals surface area contributed by atoms with Gasteiger partial charge in [0.2, 0.25) is 5.91 Å². The summed E-state index contributed by atoms with van der Waals surface area (Å²) in [6.07, 6.45) is 3.94. The van der Waals surface area contributed by atoms with Gasteiger partial charge in [-0.1, -0.05) is 55.8 Å². The quantitative estimate of drug-likeness (QED) is 0.327. The van der Waals surface area contributed by atoms with Gasteiger partial charge >= 0.3 is 0 Å². The van der Waals surface area contributed by atoms with Crippen molar-refractivity contribution in [2.24, 2.45) is 5.10 Å². The van der Waals surface area contributed by atoms with E-state index in [0.29, 0.717) is 6.61 Å². The van der Waals surface area contributed by atoms with Crippen LogP contribution >= 0.6 is 0 Å². The second-order valence-electron chi connectivity index (χ2n) is 6.72. The fourth-order valence-corrected chi connectivity index (χ4v) is 3.04. The maximum absolute atomic E-state index is 12.3. The molecule has 0 aliphatic heterocycles. The number of fused-ring (bicyclic) bond motifs is 1. The van der Waals surface area contributed by atoms with Crippen molar-refractivity contribution in [2.75, 3.05) is 13.7 Å². The highest BCUT2D eigenvalue weighted by atomic mass is 16.5. The Bertz CT molecular complexity index is 998. The minimum absolute atomic E-state index is 0.191. The van der Waals surface area contributed by atoms with Crippen LogP contribution in [-0.4, -0.2) is 25.8 Å². The summed E-state index contributed by atoms with van der Waals surface area (Å²) in [6.45, 7) is 2.78. The number of methoxy groups -OCH3 is 1. The number of carbonyl (C=O) groups excluding carboxylic acids is 1. The Morgan fingerprint density at radius 3 is 2.79 bits per heavy atom. The van der Waals surface area contributed by atoms with Crippen LogP contribution < -0.4 is 14.9 Å². The van der Waals surface area contributed by atoms with Gasteiger partial charge in [0, 0.05) is 5.56 Å². The molecule has 0 heterocycles. The van der Waals surface area contributed by atoms with Crippen LogP contribution in [0.5, 0.6) is 11.5 Å². The van der Waals surface area contributed by atoms with Crippen molar-refractivity contribution < 1.29 is 14.3 Å². The molecule has 0 radical (unpaired) electrons. The Kier molecular flexibility index (Phi) is 7.22. The molecule has 29 heavy (non-hydrogen) atoms. The van der Waals surface area contributed by atoms with Gasteiger partial charge in [0.1, 0.15) is 11.5 Å². The largest absolute Gasteiger partial charge is 0.497 e. The highest BCUT2D eigenvalue weighted by molar-refractivity contribution is 6.02. The van der Waals surface area contributed by atoms with E-state index in [1.807, 2.05) is 60.7 Å². The van der Waals surface area contributed by atoms with Gasteiger partial charge in [-0.05, 0) is 41.0 Å². The fourth-order valence-electron chi connectivity index (χ4n) is 3.04. The highest BCUT2D eigenvalue weighted by Crippen LogP contribution is 2.27. The summed E-state index contributed by atoms with van der Waals surface area (Å²) in [5.74, 6) is 1.30. The SMILES string of the molecule is CCCCOc1ccc2ccccc2c1/C=N/NC(=O)Cc1cccc(OC)c1. The standard InChI is InChI=1S/C24H26N2O3/c1-3-4-14-29-23-13-12-19-9-5-6-11-21(19)22(23)17-25-26-24(27)16-18-8-7-10-20(15-18)28-2/h5-13,15,17H,3-4,14,16H2,1-2H3,(H,26,27)/b25-17+. The van der Waals surface area contributed by atoms with E-state index < -0.39 is 0 Å². The van der Waals surface area contributed by atoms with E-state index in [0.717, 1.165) is 46.2 Å². The topological polar surface area (TPSA) is 59.9 Å². The molecule has 0 spiro atoms. The highest BCUT2D eigenvalue weighted by Gasteiger charge is 2.08. The zero-order valence-corrected chi connectivity index (χ0v) is 16.9. The molecule has 0 unspecified atom stereocenters. The summed E-state index contributed by atoms with van der Waals surface area (Å²) in [4.78, 5) is 12.3. The number of rotatable bonds is 9. The van der Waals surface area contributed by atoms with Crippen LogP contribution in [0.4, 0.5) is 0 Å². The first-order valence-electron chi connectivity index (χ1n) is 9.80. The van der Waals surface area contributed by atoms with Crippen molar-refractivity contribution in [1.82, 2.24) is 5.43 Å². The van der Waals surface area contributed by atoms with Crippen molar-refractivity contribution in [1.29, 1.82) is 0 Å². The van der Waals surface area contributed by atoms with Crippen molar-refractivity contribution >= 4 is 22.9 Å². The van der Waals surface area contributed by atoms with E-state index in [1.54, 1.807) is 13.3 Å². The molecular weight excluding hydrogens is 364 g/mol. The molecule has 1 amide bonds. The van der Waals surface area contributed by atoms with Gasteiger partial charge in [-0.2, -0.15) is 5.10 Å². The normalized spacial score (nSPS) is 11.0. The average molecular weight is 390 g/mol. The maximum atomic E-state index is 12.3. The zero-order chi connectivity index (χ0) is 20.5. The molecule has 0 saturated heterocycles. The minimum Gasteiger partial charge on any atom is -0.497 e.